The first-order valence-corrected chi connectivity index (χ1v) is 10.1. The van der Waals surface area contributed by atoms with Crippen LogP contribution in [0, 0.1) is 11.9 Å². The fourth-order valence-electron chi connectivity index (χ4n) is 3.61. The third-order valence-electron chi connectivity index (χ3n) is 5.15. The van der Waals surface area contributed by atoms with Crippen molar-refractivity contribution in [2.75, 3.05) is 25.0 Å². The van der Waals surface area contributed by atoms with Crippen molar-refractivity contribution in [1.29, 1.82) is 0 Å². The molecule has 7 heteroatoms. The number of anilines is 1. The van der Waals surface area contributed by atoms with Crippen LogP contribution in [0.3, 0.4) is 0 Å². The Morgan fingerprint density at radius 1 is 1.14 bits per heavy atom. The van der Waals surface area contributed by atoms with E-state index in [1.54, 1.807) is 0 Å². The SMILES string of the molecule is O=C(NCCCCCC1CCN(C(=O)c2ccccc2)C1)Nc1ccnc(F)c1. The van der Waals surface area contributed by atoms with Gasteiger partial charge in [-0.2, -0.15) is 4.39 Å². The second kappa shape index (κ2) is 10.5. The molecular formula is C22H27FN4O2. The van der Waals surface area contributed by atoms with Gasteiger partial charge in [0.05, 0.1) is 0 Å². The minimum absolute atomic E-state index is 0.123. The summed E-state index contributed by atoms with van der Waals surface area (Å²) in [4.78, 5) is 29.7. The minimum atomic E-state index is -0.626. The number of carbonyl (C=O) groups excluding carboxylic acids is 2. The summed E-state index contributed by atoms with van der Waals surface area (Å²) >= 11 is 0. The summed E-state index contributed by atoms with van der Waals surface area (Å²) in [5.74, 6) is 0.0524. The molecular weight excluding hydrogens is 371 g/mol. The number of pyridine rings is 1. The highest BCUT2D eigenvalue weighted by atomic mass is 19.1. The Labute approximate surface area is 170 Å². The Balaban J connectivity index is 1.26. The van der Waals surface area contributed by atoms with Crippen molar-refractivity contribution in [2.24, 2.45) is 5.92 Å². The molecule has 6 nitrogen and oxygen atoms in total. The Bertz CT molecular complexity index is 815. The second-order valence-corrected chi connectivity index (χ2v) is 7.37. The van der Waals surface area contributed by atoms with Crippen LogP contribution >= 0.6 is 0 Å². The summed E-state index contributed by atoms with van der Waals surface area (Å²) in [5.41, 5.74) is 1.14. The number of aromatic nitrogens is 1. The van der Waals surface area contributed by atoms with E-state index in [1.165, 1.54) is 18.3 Å². The maximum absolute atomic E-state index is 13.0. The number of nitrogens with one attached hydrogen (secondary N) is 2. The Hall–Kier alpha value is -2.96. The van der Waals surface area contributed by atoms with E-state index in [9.17, 15) is 14.0 Å². The summed E-state index contributed by atoms with van der Waals surface area (Å²) in [6.07, 6.45) is 6.45. The van der Waals surface area contributed by atoms with Crippen molar-refractivity contribution in [2.45, 2.75) is 32.1 Å². The molecule has 154 valence electrons. The van der Waals surface area contributed by atoms with E-state index in [1.807, 2.05) is 35.2 Å². The first kappa shape index (κ1) is 20.8. The number of nitrogens with zero attached hydrogens (tertiary/aromatic N) is 2. The van der Waals surface area contributed by atoms with E-state index in [2.05, 4.69) is 15.6 Å². The Morgan fingerprint density at radius 2 is 1.97 bits per heavy atom. The topological polar surface area (TPSA) is 74.3 Å². The van der Waals surface area contributed by atoms with Gasteiger partial charge >= 0.3 is 6.03 Å². The van der Waals surface area contributed by atoms with Crippen molar-refractivity contribution in [3.63, 3.8) is 0 Å². The third-order valence-corrected chi connectivity index (χ3v) is 5.15. The molecule has 2 heterocycles. The van der Waals surface area contributed by atoms with E-state index in [4.69, 9.17) is 0 Å². The highest BCUT2D eigenvalue weighted by Crippen LogP contribution is 2.23. The summed E-state index contributed by atoms with van der Waals surface area (Å²) in [5, 5.41) is 5.35. The lowest BCUT2D eigenvalue weighted by molar-refractivity contribution is 0.0786. The maximum atomic E-state index is 13.0. The summed E-state index contributed by atoms with van der Waals surface area (Å²) in [7, 11) is 0. The van der Waals surface area contributed by atoms with Crippen LogP contribution in [0.25, 0.3) is 0 Å². The van der Waals surface area contributed by atoms with Crippen LogP contribution in [0.5, 0.6) is 0 Å². The first-order chi connectivity index (χ1) is 14.1. The molecule has 2 aromatic rings. The van der Waals surface area contributed by atoms with Gasteiger partial charge in [-0.3, -0.25) is 4.79 Å². The molecule has 29 heavy (non-hydrogen) atoms. The predicted molar refractivity (Wildman–Crippen MR) is 110 cm³/mol. The number of likely N-dealkylation sites (tertiary alicyclic amines) is 1. The molecule has 1 atom stereocenters. The van der Waals surface area contributed by atoms with Gasteiger partial charge in [0.25, 0.3) is 5.91 Å². The molecule has 3 rings (SSSR count). The number of amides is 3. The molecule has 1 saturated heterocycles. The zero-order valence-electron chi connectivity index (χ0n) is 16.4. The first-order valence-electron chi connectivity index (χ1n) is 10.1. The smallest absolute Gasteiger partial charge is 0.319 e. The van der Waals surface area contributed by atoms with E-state index >= 15 is 0 Å². The van der Waals surface area contributed by atoms with Crippen molar-refractivity contribution in [1.82, 2.24) is 15.2 Å². The monoisotopic (exact) mass is 398 g/mol. The van der Waals surface area contributed by atoms with Crippen molar-refractivity contribution >= 4 is 17.6 Å². The molecule has 0 spiro atoms. The zero-order valence-corrected chi connectivity index (χ0v) is 16.4. The molecule has 0 bridgehead atoms. The van der Waals surface area contributed by atoms with E-state index in [0.29, 0.717) is 18.2 Å². The van der Waals surface area contributed by atoms with E-state index in [-0.39, 0.29) is 11.9 Å². The van der Waals surface area contributed by atoms with Gasteiger partial charge in [-0.25, -0.2) is 9.78 Å². The van der Waals surface area contributed by atoms with Gasteiger partial charge in [0, 0.05) is 43.1 Å². The standard InChI is InChI=1S/C22H27FN4O2/c23-20-15-19(10-13-24-20)26-22(29)25-12-6-2-3-7-17-11-14-27(16-17)21(28)18-8-4-1-5-9-18/h1,4-5,8-10,13,15,17H,2-3,6-7,11-12,14,16H2,(H2,24,25,26,29). The Morgan fingerprint density at radius 3 is 2.76 bits per heavy atom. The zero-order chi connectivity index (χ0) is 20.5. The highest BCUT2D eigenvalue weighted by molar-refractivity contribution is 5.94. The number of rotatable bonds is 8. The van der Waals surface area contributed by atoms with Gasteiger partial charge in [0.15, 0.2) is 0 Å². The largest absolute Gasteiger partial charge is 0.338 e. The lowest BCUT2D eigenvalue weighted by atomic mass is 10.0. The second-order valence-electron chi connectivity index (χ2n) is 7.37. The number of carbonyl (C=O) groups is 2. The van der Waals surface area contributed by atoms with Gasteiger partial charge in [-0.1, -0.05) is 31.0 Å². The van der Waals surface area contributed by atoms with Crippen LogP contribution < -0.4 is 10.6 Å². The fraction of sp³-hybridized carbons (Fsp3) is 0.409. The van der Waals surface area contributed by atoms with Crippen molar-refractivity contribution in [3.05, 3.63) is 60.2 Å². The van der Waals surface area contributed by atoms with Gasteiger partial charge in [-0.05, 0) is 43.4 Å². The normalized spacial score (nSPS) is 15.9. The number of benzene rings is 1. The molecule has 0 saturated carbocycles. The van der Waals surface area contributed by atoms with Gasteiger partial charge in [0.2, 0.25) is 5.95 Å². The van der Waals surface area contributed by atoms with Crippen LogP contribution in [0.15, 0.2) is 48.7 Å². The van der Waals surface area contributed by atoms with E-state index in [0.717, 1.165) is 50.8 Å². The van der Waals surface area contributed by atoms with Gasteiger partial charge < -0.3 is 15.5 Å². The van der Waals surface area contributed by atoms with Gasteiger partial charge in [-0.15, -0.1) is 0 Å². The molecule has 0 aliphatic carbocycles. The highest BCUT2D eigenvalue weighted by Gasteiger charge is 2.26. The molecule has 1 aromatic heterocycles. The number of urea groups is 1. The van der Waals surface area contributed by atoms with Crippen LogP contribution in [0.1, 0.15) is 42.5 Å². The maximum Gasteiger partial charge on any atom is 0.319 e. The minimum Gasteiger partial charge on any atom is -0.338 e. The van der Waals surface area contributed by atoms with Crippen LogP contribution in [-0.4, -0.2) is 41.5 Å². The van der Waals surface area contributed by atoms with Crippen molar-refractivity contribution < 1.29 is 14.0 Å². The number of halogens is 1. The molecule has 1 aliphatic rings. The van der Waals surface area contributed by atoms with Crippen LogP contribution in [-0.2, 0) is 0 Å². The van der Waals surface area contributed by atoms with Crippen LogP contribution in [0.4, 0.5) is 14.9 Å². The summed E-state index contributed by atoms with van der Waals surface area (Å²) in [6.45, 7) is 2.23. The third kappa shape index (κ3) is 6.55. The number of unbranched alkanes of at least 4 members (excludes halogenated alkanes) is 2. The molecule has 1 aliphatic heterocycles. The van der Waals surface area contributed by atoms with Gasteiger partial charge in [0.1, 0.15) is 0 Å². The molecule has 1 unspecified atom stereocenters. The van der Waals surface area contributed by atoms with E-state index < -0.39 is 5.95 Å². The molecule has 3 amide bonds. The number of hydrogen-bond acceptors (Lipinski definition) is 3. The molecule has 2 N–H and O–H groups in total. The Kier molecular flexibility index (Phi) is 7.55. The number of hydrogen-bond donors (Lipinski definition) is 2. The van der Waals surface area contributed by atoms with Crippen molar-refractivity contribution in [3.8, 4) is 0 Å². The lowest BCUT2D eigenvalue weighted by Crippen LogP contribution is -2.29. The lowest BCUT2D eigenvalue weighted by Gasteiger charge is -2.16. The predicted octanol–water partition coefficient (Wildman–Crippen LogP) is 4.06. The average Bonchev–Trinajstić information content (AvgIpc) is 3.19. The molecule has 0 radical (unpaired) electrons. The summed E-state index contributed by atoms with van der Waals surface area (Å²) in [6, 6.07) is 11.8. The van der Waals surface area contributed by atoms with Crippen LogP contribution in [0.2, 0.25) is 0 Å². The summed E-state index contributed by atoms with van der Waals surface area (Å²) < 4.78 is 13.0. The average molecular weight is 398 g/mol. The molecule has 1 fully saturated rings. The quantitative estimate of drug-likeness (QED) is 0.520. The fourth-order valence-corrected chi connectivity index (χ4v) is 3.61. The molecule has 1 aromatic carbocycles.